The van der Waals surface area contributed by atoms with E-state index in [1.165, 1.54) is 101 Å². The first-order valence-corrected chi connectivity index (χ1v) is 21.6. The third-order valence-corrected chi connectivity index (χ3v) is 12.9. The van der Waals surface area contributed by atoms with Crippen LogP contribution in [-0.4, -0.2) is 24.2 Å². The first-order chi connectivity index (χ1) is 28.7. The van der Waals surface area contributed by atoms with Crippen molar-refractivity contribution >= 4 is 11.9 Å². The summed E-state index contributed by atoms with van der Waals surface area (Å²) in [5.41, 5.74) is 11.6. The van der Waals surface area contributed by atoms with Crippen LogP contribution < -0.4 is 9.47 Å². The number of carbonyl (C=O) groups excluding carboxylic acids is 1. The molecule has 4 aliphatic carbocycles. The molecule has 6 heteroatoms. The van der Waals surface area contributed by atoms with Gasteiger partial charge >= 0.3 is 11.9 Å². The van der Waals surface area contributed by atoms with Crippen molar-refractivity contribution in [3.63, 3.8) is 0 Å². The van der Waals surface area contributed by atoms with Gasteiger partial charge in [-0.15, -0.1) is 11.8 Å². The van der Waals surface area contributed by atoms with Crippen LogP contribution in [0.3, 0.4) is 0 Å². The lowest BCUT2D eigenvalue weighted by molar-refractivity contribution is -0.141. The molecule has 0 unspecified atom stereocenters. The Labute approximate surface area is 351 Å². The topological polar surface area (TPSA) is 82.1 Å². The van der Waals surface area contributed by atoms with Gasteiger partial charge in [-0.2, -0.15) is 0 Å². The van der Waals surface area contributed by atoms with Crippen molar-refractivity contribution in [3.05, 3.63) is 129 Å². The number of esters is 1. The summed E-state index contributed by atoms with van der Waals surface area (Å²) in [7, 11) is 1.41. The van der Waals surface area contributed by atoms with E-state index in [-0.39, 0.29) is 30.6 Å². The van der Waals surface area contributed by atoms with Gasteiger partial charge in [0.1, 0.15) is 24.7 Å². The number of ether oxygens (including phenoxy) is 3. The second-order valence-corrected chi connectivity index (χ2v) is 16.9. The van der Waals surface area contributed by atoms with E-state index in [1.54, 1.807) is 30.5 Å². The largest absolute Gasteiger partial charge is 0.489 e. The molecule has 59 heavy (non-hydrogen) atoms. The Bertz CT molecular complexity index is 2220. The number of fused-ring (bicyclic) bond motifs is 4. The van der Waals surface area contributed by atoms with Crippen LogP contribution in [0.4, 0.5) is 0 Å². The molecular formula is C53H58O6. The van der Waals surface area contributed by atoms with Gasteiger partial charge in [-0.3, -0.25) is 9.59 Å². The molecule has 4 aromatic rings. The van der Waals surface area contributed by atoms with Crippen LogP contribution in [0.1, 0.15) is 147 Å². The highest BCUT2D eigenvalue weighted by Gasteiger charge is 2.46. The Kier molecular flexibility index (Phi) is 13.5. The molecule has 4 aliphatic rings. The molecule has 2 saturated carbocycles. The quantitative estimate of drug-likeness (QED) is 0.114. The van der Waals surface area contributed by atoms with Gasteiger partial charge < -0.3 is 19.3 Å². The minimum atomic E-state index is -0.838. The average molecular weight is 791 g/mol. The second kappa shape index (κ2) is 19.1. The summed E-state index contributed by atoms with van der Waals surface area (Å²) in [6.07, 6.45) is 16.1. The van der Waals surface area contributed by atoms with Gasteiger partial charge in [0.15, 0.2) is 0 Å². The van der Waals surface area contributed by atoms with Gasteiger partial charge in [-0.05, 0) is 158 Å². The van der Waals surface area contributed by atoms with Crippen molar-refractivity contribution in [1.82, 2.24) is 0 Å². The maximum Gasteiger partial charge on any atom is 0.307 e. The first-order valence-electron chi connectivity index (χ1n) is 21.6. The molecule has 2 atom stereocenters. The predicted molar refractivity (Wildman–Crippen MR) is 233 cm³/mol. The van der Waals surface area contributed by atoms with Gasteiger partial charge in [0.25, 0.3) is 0 Å². The molecule has 0 amide bonds. The van der Waals surface area contributed by atoms with Crippen LogP contribution in [0.15, 0.2) is 84.9 Å². The van der Waals surface area contributed by atoms with Gasteiger partial charge in [-0.1, -0.05) is 85.3 Å². The molecule has 4 aromatic carbocycles. The number of carboxylic acids is 1. The SMILES string of the molecule is CC#C[C@@H](CC(=O)O)c1ccc(OCc2ccc3c(c2)C2(CCCC3)CC2)cc1.CC#C[C@@H](CC(=O)OC)c1ccc(OCc2ccc3c(c2)C2(CCCC3)CC2)cc1. The molecule has 2 spiro atoms. The third-order valence-electron chi connectivity index (χ3n) is 12.9. The Hall–Kier alpha value is -5.46. The van der Waals surface area contributed by atoms with E-state index in [4.69, 9.17) is 19.3 Å². The lowest BCUT2D eigenvalue weighted by Crippen LogP contribution is -2.08. The number of aryl methyl sites for hydroxylation is 2. The van der Waals surface area contributed by atoms with E-state index in [0.717, 1.165) is 22.6 Å². The fraction of sp³-hybridized carbons (Fsp3) is 0.434. The minimum Gasteiger partial charge on any atom is -0.489 e. The molecule has 0 radical (unpaired) electrons. The summed E-state index contributed by atoms with van der Waals surface area (Å²) in [6.45, 7) is 4.64. The molecule has 0 saturated heterocycles. The number of methoxy groups -OCH3 is 1. The molecule has 0 heterocycles. The van der Waals surface area contributed by atoms with E-state index < -0.39 is 5.97 Å². The Balaban J connectivity index is 0.000000179. The Morgan fingerprint density at radius 2 is 1.05 bits per heavy atom. The third kappa shape index (κ3) is 10.6. The molecule has 1 N–H and O–H groups in total. The maximum absolute atomic E-state index is 11.7. The molecule has 2 fully saturated rings. The van der Waals surface area contributed by atoms with Gasteiger partial charge in [-0.25, -0.2) is 0 Å². The van der Waals surface area contributed by atoms with Crippen LogP contribution in [0.5, 0.6) is 11.5 Å². The number of rotatable bonds is 12. The highest BCUT2D eigenvalue weighted by atomic mass is 16.5. The number of carbonyl (C=O) groups is 2. The van der Waals surface area contributed by atoms with Crippen molar-refractivity contribution < 1.29 is 28.9 Å². The van der Waals surface area contributed by atoms with Crippen molar-refractivity contribution in [2.75, 3.05) is 7.11 Å². The molecule has 306 valence electrons. The Morgan fingerprint density at radius 3 is 1.44 bits per heavy atom. The van der Waals surface area contributed by atoms with Gasteiger partial charge in [0.2, 0.25) is 0 Å². The number of carboxylic acid groups (broad SMARTS) is 1. The van der Waals surface area contributed by atoms with E-state index in [2.05, 4.69) is 60.1 Å². The zero-order valence-corrected chi connectivity index (χ0v) is 35.0. The van der Waals surface area contributed by atoms with Crippen LogP contribution >= 0.6 is 0 Å². The van der Waals surface area contributed by atoms with E-state index in [0.29, 0.717) is 24.0 Å². The van der Waals surface area contributed by atoms with Crippen LogP contribution in [0.25, 0.3) is 0 Å². The fourth-order valence-corrected chi connectivity index (χ4v) is 9.22. The predicted octanol–water partition coefficient (Wildman–Crippen LogP) is 11.3. The lowest BCUT2D eigenvalue weighted by atomic mass is 9.88. The number of benzene rings is 4. The van der Waals surface area contributed by atoms with Crippen molar-refractivity contribution in [2.24, 2.45) is 0 Å². The smallest absolute Gasteiger partial charge is 0.307 e. The standard InChI is InChI=1S/C27H30O3.C26H28O3/c1-3-6-23(18-26(28)29-2)21-10-12-24(13-11-21)30-19-20-8-9-22-7-4-5-14-27(15-16-27)25(22)17-20;1-2-5-22(17-25(27)28)20-9-11-23(12-10-20)29-18-19-7-8-21-6-3-4-13-26(14-15-26)24(21)16-19/h8-13,17,23H,4-5,7,14-16,18-19H2,1-2H3;7-12,16,22H,3-4,6,13-15,17-18H2,1H3,(H,27,28)/t23-;22-/m00/s1. The summed E-state index contributed by atoms with van der Waals surface area (Å²) in [5.74, 6) is 11.9. The fourth-order valence-electron chi connectivity index (χ4n) is 9.22. The normalized spacial score (nSPS) is 17.3. The minimum absolute atomic E-state index is 0.0118. The molecule has 8 rings (SSSR count). The highest BCUT2D eigenvalue weighted by Crippen LogP contribution is 2.55. The van der Waals surface area contributed by atoms with Crippen molar-refractivity contribution in [2.45, 2.75) is 140 Å². The zero-order valence-electron chi connectivity index (χ0n) is 35.0. The number of aliphatic carboxylic acids is 1. The van der Waals surface area contributed by atoms with E-state index in [1.807, 2.05) is 48.5 Å². The van der Waals surface area contributed by atoms with Crippen LogP contribution in [-0.2, 0) is 51.2 Å². The molecule has 0 aliphatic heterocycles. The summed E-state index contributed by atoms with van der Waals surface area (Å²) >= 11 is 0. The number of hydrogen-bond acceptors (Lipinski definition) is 5. The molecule has 6 nitrogen and oxygen atoms in total. The summed E-state index contributed by atoms with van der Waals surface area (Å²) in [5, 5.41) is 9.09. The molecular weight excluding hydrogens is 733 g/mol. The van der Waals surface area contributed by atoms with Gasteiger partial charge in [0.05, 0.1) is 31.8 Å². The zero-order chi connectivity index (χ0) is 41.2. The monoisotopic (exact) mass is 790 g/mol. The molecule has 0 bridgehead atoms. The summed E-state index contributed by atoms with van der Waals surface area (Å²) in [4.78, 5) is 22.7. The van der Waals surface area contributed by atoms with Crippen molar-refractivity contribution in [1.29, 1.82) is 0 Å². The first kappa shape index (κ1) is 41.7. The average Bonchev–Trinajstić information content (AvgIpc) is 4.20. The van der Waals surface area contributed by atoms with Crippen molar-refractivity contribution in [3.8, 4) is 35.2 Å². The lowest BCUT2D eigenvalue weighted by Gasteiger charge is -2.18. The second-order valence-electron chi connectivity index (χ2n) is 16.9. The van der Waals surface area contributed by atoms with E-state index >= 15 is 0 Å². The number of hydrogen-bond donors (Lipinski definition) is 1. The highest BCUT2D eigenvalue weighted by molar-refractivity contribution is 5.71. The van der Waals surface area contributed by atoms with Gasteiger partial charge in [0, 0.05) is 0 Å². The maximum atomic E-state index is 11.7. The summed E-state index contributed by atoms with van der Waals surface area (Å²) in [6, 6.07) is 29.4. The Morgan fingerprint density at radius 1 is 0.610 bits per heavy atom. The van der Waals surface area contributed by atoms with Crippen LogP contribution in [0.2, 0.25) is 0 Å². The van der Waals surface area contributed by atoms with Crippen LogP contribution in [0, 0.1) is 23.7 Å². The molecule has 0 aromatic heterocycles. The van der Waals surface area contributed by atoms with E-state index in [9.17, 15) is 9.59 Å². The summed E-state index contributed by atoms with van der Waals surface area (Å²) < 4.78 is 16.9.